The topological polar surface area (TPSA) is 3.24 Å². The van der Waals surface area contributed by atoms with Gasteiger partial charge in [0.05, 0.1) is 5.54 Å². The van der Waals surface area contributed by atoms with Gasteiger partial charge in [-0.15, -0.1) is 0 Å². The second kappa shape index (κ2) is 6.03. The quantitative estimate of drug-likeness (QED) is 0.760. The Kier molecular flexibility index (Phi) is 4.12. The van der Waals surface area contributed by atoms with Gasteiger partial charge in [0.1, 0.15) is 0 Å². The highest BCUT2D eigenvalue weighted by Crippen LogP contribution is 2.56. The molecule has 21 heavy (non-hydrogen) atoms. The van der Waals surface area contributed by atoms with Crippen molar-refractivity contribution < 1.29 is 0 Å². The van der Waals surface area contributed by atoms with E-state index in [2.05, 4.69) is 79.4 Å². The third-order valence-electron chi connectivity index (χ3n) is 5.19. The van der Waals surface area contributed by atoms with Crippen LogP contribution < -0.4 is 0 Å². The molecule has 2 unspecified atom stereocenters. The Bertz CT molecular complexity index is 559. The summed E-state index contributed by atoms with van der Waals surface area (Å²) < 4.78 is 0. The van der Waals surface area contributed by atoms with Gasteiger partial charge in [-0.25, -0.2) is 0 Å². The normalized spacial score (nSPS) is 24.8. The molecule has 0 radical (unpaired) electrons. The summed E-state index contributed by atoms with van der Waals surface area (Å²) in [5.41, 5.74) is 3.15. The van der Waals surface area contributed by atoms with Gasteiger partial charge in [-0.2, -0.15) is 0 Å². The zero-order valence-electron chi connectivity index (χ0n) is 13.1. The summed E-state index contributed by atoms with van der Waals surface area (Å²) in [4.78, 5) is 2.66. The Morgan fingerprint density at radius 2 is 1.48 bits per heavy atom. The first-order chi connectivity index (χ1) is 10.3. The van der Waals surface area contributed by atoms with Gasteiger partial charge in [-0.3, -0.25) is 4.90 Å². The van der Waals surface area contributed by atoms with Gasteiger partial charge in [0, 0.05) is 5.92 Å². The van der Waals surface area contributed by atoms with Crippen molar-refractivity contribution in [1.82, 2.24) is 4.90 Å². The monoisotopic (exact) mass is 279 g/mol. The minimum Gasteiger partial charge on any atom is -0.294 e. The number of hydrogen-bond donors (Lipinski definition) is 0. The lowest BCUT2D eigenvalue weighted by molar-refractivity contribution is -0.00653. The van der Waals surface area contributed by atoms with Gasteiger partial charge in [-0.05, 0) is 37.1 Å². The maximum absolute atomic E-state index is 2.66. The fraction of sp³-hybridized carbons (Fsp3) is 0.400. The van der Waals surface area contributed by atoms with Crippen molar-refractivity contribution in [1.29, 1.82) is 0 Å². The van der Waals surface area contributed by atoms with Crippen LogP contribution in [-0.4, -0.2) is 18.0 Å². The van der Waals surface area contributed by atoms with Crippen LogP contribution in [0, 0.1) is 0 Å². The lowest BCUT2D eigenvalue weighted by Crippen LogP contribution is -2.56. The van der Waals surface area contributed by atoms with Crippen molar-refractivity contribution in [3.8, 4) is 0 Å². The van der Waals surface area contributed by atoms with Crippen molar-refractivity contribution in [3.63, 3.8) is 0 Å². The Balaban J connectivity index is 2.06. The summed E-state index contributed by atoms with van der Waals surface area (Å²) in [6, 6.07) is 22.2. The van der Waals surface area contributed by atoms with E-state index < -0.39 is 0 Å². The van der Waals surface area contributed by atoms with Crippen molar-refractivity contribution >= 4 is 0 Å². The Morgan fingerprint density at radius 3 is 1.95 bits per heavy atom. The fourth-order valence-corrected chi connectivity index (χ4v) is 4.11. The smallest absolute Gasteiger partial charge is 0.0529 e. The number of nitrogens with zero attached hydrogens (tertiary/aromatic N) is 1. The van der Waals surface area contributed by atoms with Crippen LogP contribution in [0.4, 0.5) is 0 Å². The van der Waals surface area contributed by atoms with Crippen LogP contribution in [0.15, 0.2) is 60.7 Å². The van der Waals surface area contributed by atoms with Gasteiger partial charge >= 0.3 is 0 Å². The molecule has 1 saturated carbocycles. The van der Waals surface area contributed by atoms with Gasteiger partial charge in [0.25, 0.3) is 0 Å². The molecule has 0 aromatic heterocycles. The van der Waals surface area contributed by atoms with Crippen LogP contribution >= 0.6 is 0 Å². The van der Waals surface area contributed by atoms with E-state index in [9.17, 15) is 0 Å². The fourth-order valence-electron chi connectivity index (χ4n) is 4.11. The van der Waals surface area contributed by atoms with Crippen molar-refractivity contribution in [2.45, 2.75) is 38.1 Å². The van der Waals surface area contributed by atoms with Gasteiger partial charge < -0.3 is 0 Å². The predicted octanol–water partition coefficient (Wildman–Crippen LogP) is 4.80. The molecule has 1 aliphatic carbocycles. The molecule has 1 fully saturated rings. The largest absolute Gasteiger partial charge is 0.294 e. The molecule has 3 rings (SSSR count). The summed E-state index contributed by atoms with van der Waals surface area (Å²) in [7, 11) is 0. The maximum atomic E-state index is 2.66. The van der Waals surface area contributed by atoms with E-state index in [4.69, 9.17) is 0 Å². The van der Waals surface area contributed by atoms with Crippen molar-refractivity contribution in [2.75, 3.05) is 13.1 Å². The van der Waals surface area contributed by atoms with Crippen LogP contribution in [0.1, 0.15) is 43.7 Å². The zero-order valence-corrected chi connectivity index (χ0v) is 13.1. The van der Waals surface area contributed by atoms with Crippen LogP contribution in [0.2, 0.25) is 0 Å². The molecular weight excluding hydrogens is 254 g/mol. The number of hydrogen-bond acceptors (Lipinski definition) is 1. The second-order valence-corrected chi connectivity index (χ2v) is 5.96. The number of likely N-dealkylation sites (N-methyl/N-ethyl adjacent to an activating group) is 1. The van der Waals surface area contributed by atoms with E-state index in [1.54, 1.807) is 0 Å². The third kappa shape index (κ3) is 2.30. The first-order valence-electron chi connectivity index (χ1n) is 8.18. The van der Waals surface area contributed by atoms with E-state index in [0.717, 1.165) is 13.1 Å². The van der Waals surface area contributed by atoms with E-state index in [1.165, 1.54) is 24.0 Å². The highest BCUT2D eigenvalue weighted by Gasteiger charge is 2.51. The summed E-state index contributed by atoms with van der Waals surface area (Å²) in [5.74, 6) is 0.612. The molecule has 2 atom stereocenters. The SMILES string of the molecule is CCN(CC)C1(c2ccccc2)CCC1c1ccccc1. The van der Waals surface area contributed by atoms with E-state index in [-0.39, 0.29) is 5.54 Å². The minimum absolute atomic E-state index is 0.187. The first-order valence-corrected chi connectivity index (χ1v) is 8.18. The predicted molar refractivity (Wildman–Crippen MR) is 89.5 cm³/mol. The third-order valence-corrected chi connectivity index (χ3v) is 5.19. The molecule has 0 saturated heterocycles. The molecule has 1 heteroatoms. The molecule has 110 valence electrons. The van der Waals surface area contributed by atoms with Crippen LogP contribution in [-0.2, 0) is 5.54 Å². The highest BCUT2D eigenvalue weighted by atomic mass is 15.2. The second-order valence-electron chi connectivity index (χ2n) is 5.96. The van der Waals surface area contributed by atoms with Gasteiger partial charge in [-0.1, -0.05) is 74.5 Å². The molecule has 2 aromatic carbocycles. The average Bonchev–Trinajstić information content (AvgIpc) is 2.53. The average molecular weight is 279 g/mol. The van der Waals surface area contributed by atoms with Crippen LogP contribution in [0.5, 0.6) is 0 Å². The van der Waals surface area contributed by atoms with Crippen molar-refractivity contribution in [3.05, 3.63) is 71.8 Å². The highest BCUT2D eigenvalue weighted by molar-refractivity contribution is 5.37. The summed E-state index contributed by atoms with van der Waals surface area (Å²) >= 11 is 0. The molecule has 0 amide bonds. The zero-order chi connectivity index (χ0) is 14.7. The first kappa shape index (κ1) is 14.3. The molecule has 0 heterocycles. The number of benzene rings is 2. The van der Waals surface area contributed by atoms with Crippen LogP contribution in [0.25, 0.3) is 0 Å². The van der Waals surface area contributed by atoms with Gasteiger partial charge in [0.15, 0.2) is 0 Å². The summed E-state index contributed by atoms with van der Waals surface area (Å²) in [6.45, 7) is 6.78. The summed E-state index contributed by atoms with van der Waals surface area (Å²) in [6.07, 6.45) is 2.55. The molecular formula is C20H25N. The standard InChI is InChI=1S/C20H25N/c1-3-21(4-2)20(18-13-9-6-10-14-18)16-15-19(20)17-11-7-5-8-12-17/h5-14,19H,3-4,15-16H2,1-2H3. The van der Waals surface area contributed by atoms with E-state index >= 15 is 0 Å². The maximum Gasteiger partial charge on any atom is 0.0529 e. The van der Waals surface area contributed by atoms with Crippen molar-refractivity contribution in [2.24, 2.45) is 0 Å². The Labute approximate surface area is 128 Å². The Morgan fingerprint density at radius 1 is 0.905 bits per heavy atom. The molecule has 1 aliphatic rings. The minimum atomic E-state index is 0.187. The molecule has 2 aromatic rings. The lowest BCUT2D eigenvalue weighted by atomic mass is 9.59. The molecule has 0 spiro atoms. The van der Waals surface area contributed by atoms with E-state index in [0.29, 0.717) is 5.92 Å². The molecule has 0 bridgehead atoms. The van der Waals surface area contributed by atoms with E-state index in [1.807, 2.05) is 0 Å². The Hall–Kier alpha value is -1.60. The molecule has 0 N–H and O–H groups in total. The van der Waals surface area contributed by atoms with Crippen LogP contribution in [0.3, 0.4) is 0 Å². The summed E-state index contributed by atoms with van der Waals surface area (Å²) in [5, 5.41) is 0. The molecule has 0 aliphatic heterocycles. The molecule has 1 nitrogen and oxygen atoms in total. The number of rotatable bonds is 5. The van der Waals surface area contributed by atoms with Gasteiger partial charge in [0.2, 0.25) is 0 Å². The lowest BCUT2D eigenvalue weighted by Gasteiger charge is -2.56.